The number of rotatable bonds is 3. The number of likely N-dealkylation sites (tertiary alicyclic amines) is 2. The van der Waals surface area contributed by atoms with Crippen molar-refractivity contribution in [2.45, 2.75) is 31.8 Å². The van der Waals surface area contributed by atoms with Gasteiger partial charge in [-0.2, -0.15) is 0 Å². The number of carbonyl (C=O) groups excluding carboxylic acids is 1. The topological polar surface area (TPSA) is 48.5 Å². The first-order valence-electron chi connectivity index (χ1n) is 7.89. The molecule has 1 N–H and O–H groups in total. The van der Waals surface area contributed by atoms with Crippen LogP contribution in [0.5, 0.6) is 0 Å². The Hall–Kier alpha value is -1.62. The molecule has 1 aliphatic carbocycles. The van der Waals surface area contributed by atoms with E-state index in [0.717, 1.165) is 45.6 Å². The molecule has 5 nitrogen and oxygen atoms in total. The van der Waals surface area contributed by atoms with Gasteiger partial charge in [0.15, 0.2) is 0 Å². The Labute approximate surface area is 125 Å². The van der Waals surface area contributed by atoms with E-state index in [1.54, 1.807) is 0 Å². The summed E-state index contributed by atoms with van der Waals surface area (Å²) in [6, 6.07) is 4.78. The van der Waals surface area contributed by atoms with Gasteiger partial charge >= 0.3 is 6.03 Å². The van der Waals surface area contributed by atoms with Crippen LogP contribution >= 0.6 is 0 Å². The van der Waals surface area contributed by atoms with Crippen LogP contribution in [0.4, 0.5) is 4.79 Å². The Kier molecular flexibility index (Phi) is 3.10. The quantitative estimate of drug-likeness (QED) is 0.915. The molecular weight excluding hydrogens is 264 g/mol. The molecule has 3 fully saturated rings. The van der Waals surface area contributed by atoms with E-state index in [-0.39, 0.29) is 6.03 Å². The minimum absolute atomic E-state index is 0.149. The van der Waals surface area contributed by atoms with Crippen molar-refractivity contribution >= 4 is 6.03 Å². The lowest BCUT2D eigenvalue weighted by molar-refractivity contribution is 0.0378. The third-order valence-corrected chi connectivity index (χ3v) is 4.92. The van der Waals surface area contributed by atoms with Gasteiger partial charge in [0.25, 0.3) is 0 Å². The van der Waals surface area contributed by atoms with Crippen LogP contribution in [0.3, 0.4) is 0 Å². The number of aromatic nitrogens is 1. The highest BCUT2D eigenvalue weighted by Gasteiger charge is 2.49. The fourth-order valence-corrected chi connectivity index (χ4v) is 3.57. The summed E-state index contributed by atoms with van der Waals surface area (Å²) in [5, 5.41) is 3.08. The predicted molar refractivity (Wildman–Crippen MR) is 79.7 cm³/mol. The van der Waals surface area contributed by atoms with Gasteiger partial charge in [0.1, 0.15) is 0 Å². The molecule has 4 rings (SSSR count). The lowest BCUT2D eigenvalue weighted by atomic mass is 9.79. The molecule has 5 heteroatoms. The molecule has 0 aromatic carbocycles. The number of nitrogens with one attached hydrogen (secondary N) is 1. The zero-order valence-electron chi connectivity index (χ0n) is 12.3. The third kappa shape index (κ3) is 2.75. The van der Waals surface area contributed by atoms with Crippen LogP contribution in [-0.4, -0.2) is 53.0 Å². The Bertz CT molecular complexity index is 522. The number of carbonyl (C=O) groups is 1. The summed E-state index contributed by atoms with van der Waals surface area (Å²) in [7, 11) is 0. The van der Waals surface area contributed by atoms with Crippen molar-refractivity contribution in [2.75, 3.05) is 26.2 Å². The molecule has 3 heterocycles. The van der Waals surface area contributed by atoms with Crippen LogP contribution in [0, 0.1) is 5.41 Å². The van der Waals surface area contributed by atoms with Gasteiger partial charge in [-0.15, -0.1) is 0 Å². The van der Waals surface area contributed by atoms with Crippen molar-refractivity contribution in [3.8, 4) is 0 Å². The molecule has 3 aliphatic rings. The summed E-state index contributed by atoms with van der Waals surface area (Å²) in [4.78, 5) is 20.5. The molecule has 112 valence electrons. The second kappa shape index (κ2) is 4.98. The van der Waals surface area contributed by atoms with E-state index in [0.29, 0.717) is 11.5 Å². The second-order valence-electron chi connectivity index (χ2n) is 6.90. The number of hydrogen-bond acceptors (Lipinski definition) is 3. The van der Waals surface area contributed by atoms with Gasteiger partial charge < -0.3 is 10.2 Å². The van der Waals surface area contributed by atoms with Gasteiger partial charge in [0.05, 0.1) is 0 Å². The summed E-state index contributed by atoms with van der Waals surface area (Å²) in [5.74, 6) is 0. The smallest absolute Gasteiger partial charge is 0.317 e. The number of pyridine rings is 1. The standard InChI is InChI=1S/C16H22N4O/c21-15(18-14-1-2-14)20-11-16(12-20)5-8-19(10-16)9-13-3-6-17-7-4-13/h3-4,6-7,14H,1-2,5,8-12H2,(H,18,21). The largest absolute Gasteiger partial charge is 0.335 e. The van der Waals surface area contributed by atoms with Crippen LogP contribution in [0.1, 0.15) is 24.8 Å². The lowest BCUT2D eigenvalue weighted by Gasteiger charge is -2.48. The van der Waals surface area contributed by atoms with Crippen LogP contribution < -0.4 is 5.32 Å². The number of hydrogen-bond donors (Lipinski definition) is 1. The van der Waals surface area contributed by atoms with E-state index in [9.17, 15) is 4.79 Å². The van der Waals surface area contributed by atoms with Crippen molar-refractivity contribution in [1.82, 2.24) is 20.1 Å². The van der Waals surface area contributed by atoms with E-state index >= 15 is 0 Å². The third-order valence-electron chi connectivity index (χ3n) is 4.92. The van der Waals surface area contributed by atoms with Gasteiger partial charge in [-0.05, 0) is 43.5 Å². The number of amides is 2. The van der Waals surface area contributed by atoms with Crippen molar-refractivity contribution in [3.05, 3.63) is 30.1 Å². The van der Waals surface area contributed by atoms with Gasteiger partial charge in [-0.1, -0.05) is 0 Å². The first kappa shape index (κ1) is 13.1. The average molecular weight is 286 g/mol. The number of urea groups is 1. The normalized spacial score (nSPS) is 24.1. The minimum atomic E-state index is 0.149. The summed E-state index contributed by atoms with van der Waals surface area (Å²) < 4.78 is 0. The highest BCUT2D eigenvalue weighted by Crippen LogP contribution is 2.40. The van der Waals surface area contributed by atoms with Gasteiger partial charge in [-0.25, -0.2) is 4.79 Å². The van der Waals surface area contributed by atoms with E-state index in [1.807, 2.05) is 17.3 Å². The Balaban J connectivity index is 1.28. The Morgan fingerprint density at radius 1 is 1.29 bits per heavy atom. The SMILES string of the molecule is O=C(NC1CC1)N1CC2(CCN(Cc3ccncc3)C2)C1. The van der Waals surface area contributed by atoms with Crippen LogP contribution in [0.15, 0.2) is 24.5 Å². The maximum atomic E-state index is 12.0. The van der Waals surface area contributed by atoms with Crippen LogP contribution in [0.2, 0.25) is 0 Å². The van der Waals surface area contributed by atoms with E-state index in [2.05, 4.69) is 27.3 Å². The Morgan fingerprint density at radius 3 is 2.76 bits per heavy atom. The molecule has 0 atom stereocenters. The maximum absolute atomic E-state index is 12.0. The zero-order valence-corrected chi connectivity index (χ0v) is 12.3. The molecule has 1 spiro atoms. The molecule has 0 unspecified atom stereocenters. The molecule has 0 radical (unpaired) electrons. The molecule has 2 amide bonds. The lowest BCUT2D eigenvalue weighted by Crippen LogP contribution is -2.61. The molecule has 0 bridgehead atoms. The average Bonchev–Trinajstić information content (AvgIpc) is 3.15. The Morgan fingerprint density at radius 2 is 2.05 bits per heavy atom. The molecular formula is C16H22N4O. The minimum Gasteiger partial charge on any atom is -0.335 e. The summed E-state index contributed by atoms with van der Waals surface area (Å²) >= 11 is 0. The fraction of sp³-hybridized carbons (Fsp3) is 0.625. The first-order chi connectivity index (χ1) is 10.2. The van der Waals surface area contributed by atoms with Crippen molar-refractivity contribution in [3.63, 3.8) is 0 Å². The van der Waals surface area contributed by atoms with Crippen molar-refractivity contribution < 1.29 is 4.79 Å². The first-order valence-corrected chi connectivity index (χ1v) is 7.89. The highest BCUT2D eigenvalue weighted by atomic mass is 16.2. The van der Waals surface area contributed by atoms with Crippen molar-refractivity contribution in [2.24, 2.45) is 5.41 Å². The summed E-state index contributed by atoms with van der Waals surface area (Å²) in [5.41, 5.74) is 1.68. The second-order valence-corrected chi connectivity index (χ2v) is 6.90. The van der Waals surface area contributed by atoms with Crippen LogP contribution in [0.25, 0.3) is 0 Å². The number of nitrogens with zero attached hydrogens (tertiary/aromatic N) is 3. The van der Waals surface area contributed by atoms with E-state index in [1.165, 1.54) is 12.0 Å². The van der Waals surface area contributed by atoms with Crippen molar-refractivity contribution in [1.29, 1.82) is 0 Å². The molecule has 1 aromatic rings. The van der Waals surface area contributed by atoms with Gasteiger partial charge in [-0.3, -0.25) is 9.88 Å². The monoisotopic (exact) mass is 286 g/mol. The van der Waals surface area contributed by atoms with Crippen LogP contribution in [-0.2, 0) is 6.54 Å². The van der Waals surface area contributed by atoms with Gasteiger partial charge in [0, 0.05) is 50.0 Å². The zero-order chi connectivity index (χ0) is 14.3. The van der Waals surface area contributed by atoms with E-state index in [4.69, 9.17) is 0 Å². The maximum Gasteiger partial charge on any atom is 0.317 e. The molecule has 1 aromatic heterocycles. The molecule has 2 saturated heterocycles. The molecule has 2 aliphatic heterocycles. The van der Waals surface area contributed by atoms with E-state index < -0.39 is 0 Å². The molecule has 21 heavy (non-hydrogen) atoms. The fourth-order valence-electron chi connectivity index (χ4n) is 3.57. The molecule has 1 saturated carbocycles. The van der Waals surface area contributed by atoms with Gasteiger partial charge in [0.2, 0.25) is 0 Å². The highest BCUT2D eigenvalue weighted by molar-refractivity contribution is 5.76. The summed E-state index contributed by atoms with van der Waals surface area (Å²) in [6.07, 6.45) is 7.24. The summed E-state index contributed by atoms with van der Waals surface area (Å²) in [6.45, 7) is 5.11. The predicted octanol–water partition coefficient (Wildman–Crippen LogP) is 1.46.